The summed E-state index contributed by atoms with van der Waals surface area (Å²) in [5, 5.41) is 9.21. The number of likely N-dealkylation sites (tertiary alicyclic amines) is 1. The van der Waals surface area contributed by atoms with Crippen LogP contribution < -0.4 is 0 Å². The van der Waals surface area contributed by atoms with Gasteiger partial charge in [0.05, 0.1) is 25.0 Å². The van der Waals surface area contributed by atoms with Gasteiger partial charge in [-0.3, -0.25) is 14.4 Å². The number of rotatable bonds is 6. The Bertz CT molecular complexity index is 699. The third-order valence-corrected chi connectivity index (χ3v) is 4.87. The van der Waals surface area contributed by atoms with Gasteiger partial charge in [0.25, 0.3) is 0 Å². The Hall–Kier alpha value is -2.63. The highest BCUT2D eigenvalue weighted by molar-refractivity contribution is 5.97. The van der Waals surface area contributed by atoms with E-state index in [0.29, 0.717) is 0 Å². The molecule has 0 saturated carbocycles. The third-order valence-electron chi connectivity index (χ3n) is 4.87. The molecule has 1 heterocycles. The largest absolute Gasteiger partial charge is 0.481 e. The number of carbonyl (C=O) groups is 3. The molecular formula is C19H23NO5. The first-order chi connectivity index (χ1) is 11.7. The highest BCUT2D eigenvalue weighted by atomic mass is 16.5. The topological polar surface area (TPSA) is 83.9 Å². The lowest BCUT2D eigenvalue weighted by molar-refractivity contribution is -0.157. The average molecular weight is 345 g/mol. The molecule has 134 valence electrons. The highest BCUT2D eigenvalue weighted by Crippen LogP contribution is 2.50. The van der Waals surface area contributed by atoms with Crippen LogP contribution in [0.2, 0.25) is 0 Å². The summed E-state index contributed by atoms with van der Waals surface area (Å²) < 4.78 is 5.12. The van der Waals surface area contributed by atoms with Crippen molar-refractivity contribution in [1.29, 1.82) is 0 Å². The molecule has 0 bridgehead atoms. The molecule has 1 aromatic rings. The van der Waals surface area contributed by atoms with Crippen molar-refractivity contribution < 1.29 is 24.2 Å². The number of hydrogen-bond acceptors (Lipinski definition) is 4. The molecule has 2 rings (SSSR count). The first-order valence-corrected chi connectivity index (χ1v) is 8.21. The first kappa shape index (κ1) is 18.7. The van der Waals surface area contributed by atoms with Crippen LogP contribution in [0.25, 0.3) is 0 Å². The van der Waals surface area contributed by atoms with E-state index in [-0.39, 0.29) is 18.3 Å². The molecule has 1 aliphatic heterocycles. The maximum atomic E-state index is 13.0. The molecule has 6 nitrogen and oxygen atoms in total. The lowest BCUT2D eigenvalue weighted by atomic mass is 9.76. The van der Waals surface area contributed by atoms with E-state index in [4.69, 9.17) is 4.74 Å². The van der Waals surface area contributed by atoms with Crippen LogP contribution >= 0.6 is 0 Å². The van der Waals surface area contributed by atoms with Gasteiger partial charge in [0.2, 0.25) is 5.91 Å². The third kappa shape index (κ3) is 3.16. The van der Waals surface area contributed by atoms with E-state index in [1.165, 1.54) is 11.8 Å². The predicted octanol–water partition coefficient (Wildman–Crippen LogP) is 2.76. The molecule has 6 heteroatoms. The standard InChI is InChI=1S/C19H23NO5/c1-5-25-18(24)19(4)13(3)20(17(23)15(19)11-16(21)22)12(2)14-9-7-6-8-10-14/h6-10,12,15H,3,5,11H2,1-2,4H3,(H,21,22)/t12-,15-,19+/m0/s1. The first-order valence-electron chi connectivity index (χ1n) is 8.21. The molecule has 1 N–H and O–H groups in total. The number of esters is 1. The zero-order chi connectivity index (χ0) is 18.8. The van der Waals surface area contributed by atoms with E-state index in [1.807, 2.05) is 37.3 Å². The number of carboxylic acids is 1. The SMILES string of the molecule is C=C1N([C@@H](C)c2ccccc2)C(=O)[C@H](CC(=O)O)[C@]1(C)C(=O)OCC. The van der Waals surface area contributed by atoms with Crippen molar-refractivity contribution in [2.75, 3.05) is 6.61 Å². The molecule has 0 spiro atoms. The van der Waals surface area contributed by atoms with Crippen LogP contribution in [0, 0.1) is 11.3 Å². The second-order valence-corrected chi connectivity index (χ2v) is 6.31. The van der Waals surface area contributed by atoms with Crippen LogP contribution in [0.3, 0.4) is 0 Å². The van der Waals surface area contributed by atoms with Gasteiger partial charge >= 0.3 is 11.9 Å². The minimum absolute atomic E-state index is 0.143. The highest BCUT2D eigenvalue weighted by Gasteiger charge is 2.59. The second-order valence-electron chi connectivity index (χ2n) is 6.31. The Kier molecular flexibility index (Phi) is 5.30. The van der Waals surface area contributed by atoms with Gasteiger partial charge in [0.1, 0.15) is 5.41 Å². The maximum Gasteiger partial charge on any atom is 0.318 e. The van der Waals surface area contributed by atoms with E-state index < -0.39 is 35.6 Å². The summed E-state index contributed by atoms with van der Waals surface area (Å²) in [5.41, 5.74) is -0.244. The summed E-state index contributed by atoms with van der Waals surface area (Å²) in [4.78, 5) is 38.2. The Labute approximate surface area is 147 Å². The number of benzene rings is 1. The summed E-state index contributed by atoms with van der Waals surface area (Å²) in [5.74, 6) is -3.22. The molecule has 0 aliphatic carbocycles. The molecule has 25 heavy (non-hydrogen) atoms. The monoisotopic (exact) mass is 345 g/mol. The smallest absolute Gasteiger partial charge is 0.318 e. The lowest BCUT2D eigenvalue weighted by Gasteiger charge is -2.30. The van der Waals surface area contributed by atoms with Crippen molar-refractivity contribution in [1.82, 2.24) is 4.90 Å². The maximum absolute atomic E-state index is 13.0. The van der Waals surface area contributed by atoms with E-state index in [9.17, 15) is 19.5 Å². The van der Waals surface area contributed by atoms with Gasteiger partial charge in [0, 0.05) is 5.70 Å². The van der Waals surface area contributed by atoms with E-state index in [1.54, 1.807) is 6.92 Å². The minimum Gasteiger partial charge on any atom is -0.481 e. The Morgan fingerprint density at radius 2 is 1.96 bits per heavy atom. The number of amides is 1. The summed E-state index contributed by atoms with van der Waals surface area (Å²) in [6, 6.07) is 8.96. The molecule has 3 atom stereocenters. The summed E-state index contributed by atoms with van der Waals surface area (Å²) in [6.45, 7) is 9.13. The summed E-state index contributed by atoms with van der Waals surface area (Å²) in [7, 11) is 0. The lowest BCUT2D eigenvalue weighted by Crippen LogP contribution is -2.37. The van der Waals surface area contributed by atoms with Gasteiger partial charge in [-0.2, -0.15) is 0 Å². The van der Waals surface area contributed by atoms with Crippen LogP contribution in [-0.4, -0.2) is 34.5 Å². The van der Waals surface area contributed by atoms with Crippen LogP contribution in [0.5, 0.6) is 0 Å². The zero-order valence-electron chi connectivity index (χ0n) is 14.7. The minimum atomic E-state index is -1.39. The number of carbonyl (C=O) groups excluding carboxylic acids is 2. The molecule has 0 aromatic heterocycles. The molecule has 1 aliphatic rings. The van der Waals surface area contributed by atoms with Gasteiger partial charge in [-0.25, -0.2) is 0 Å². The van der Waals surface area contributed by atoms with Gasteiger partial charge in [0.15, 0.2) is 0 Å². The van der Waals surface area contributed by atoms with Crippen LogP contribution in [-0.2, 0) is 19.1 Å². The molecule has 1 saturated heterocycles. The fraction of sp³-hybridized carbons (Fsp3) is 0.421. The van der Waals surface area contributed by atoms with Gasteiger partial charge in [-0.1, -0.05) is 36.9 Å². The van der Waals surface area contributed by atoms with E-state index >= 15 is 0 Å². The van der Waals surface area contributed by atoms with E-state index in [0.717, 1.165) is 5.56 Å². The molecule has 1 amide bonds. The van der Waals surface area contributed by atoms with Gasteiger partial charge < -0.3 is 14.7 Å². The van der Waals surface area contributed by atoms with Crippen LogP contribution in [0.15, 0.2) is 42.6 Å². The predicted molar refractivity (Wildman–Crippen MR) is 91.3 cm³/mol. The van der Waals surface area contributed by atoms with Crippen molar-refractivity contribution in [3.8, 4) is 0 Å². The Balaban J connectivity index is 2.47. The number of aliphatic carboxylic acids is 1. The fourth-order valence-corrected chi connectivity index (χ4v) is 3.31. The van der Waals surface area contributed by atoms with Crippen LogP contribution in [0.4, 0.5) is 0 Å². The Morgan fingerprint density at radius 3 is 2.48 bits per heavy atom. The average Bonchev–Trinajstić information content (AvgIpc) is 2.77. The second kappa shape index (κ2) is 7.09. The van der Waals surface area contributed by atoms with Crippen molar-refractivity contribution in [3.05, 3.63) is 48.2 Å². The molecule has 1 fully saturated rings. The quantitative estimate of drug-likeness (QED) is 0.802. The van der Waals surface area contributed by atoms with Gasteiger partial charge in [-0.15, -0.1) is 0 Å². The van der Waals surface area contributed by atoms with Crippen molar-refractivity contribution in [2.45, 2.75) is 33.2 Å². The number of hydrogen-bond donors (Lipinski definition) is 1. The molecule has 0 unspecified atom stereocenters. The van der Waals surface area contributed by atoms with Crippen molar-refractivity contribution in [3.63, 3.8) is 0 Å². The zero-order valence-corrected chi connectivity index (χ0v) is 14.7. The number of carboxylic acid groups (broad SMARTS) is 1. The summed E-state index contributed by atoms with van der Waals surface area (Å²) in [6.07, 6.45) is -0.453. The fourth-order valence-electron chi connectivity index (χ4n) is 3.31. The molecule has 1 aromatic carbocycles. The van der Waals surface area contributed by atoms with Gasteiger partial charge in [-0.05, 0) is 26.3 Å². The van der Waals surface area contributed by atoms with E-state index in [2.05, 4.69) is 6.58 Å². The molecule has 0 radical (unpaired) electrons. The molecular weight excluding hydrogens is 322 g/mol. The summed E-state index contributed by atoms with van der Waals surface area (Å²) >= 11 is 0. The van der Waals surface area contributed by atoms with Crippen molar-refractivity contribution >= 4 is 17.8 Å². The van der Waals surface area contributed by atoms with Crippen LogP contribution in [0.1, 0.15) is 38.8 Å². The number of ether oxygens (including phenoxy) is 1. The Morgan fingerprint density at radius 1 is 1.36 bits per heavy atom. The normalized spacial score (nSPS) is 24.3. The van der Waals surface area contributed by atoms with Crippen molar-refractivity contribution in [2.24, 2.45) is 11.3 Å². The number of nitrogens with zero attached hydrogens (tertiary/aromatic N) is 1.